The lowest BCUT2D eigenvalue weighted by molar-refractivity contribution is 0.112. The number of anilines is 1. The highest BCUT2D eigenvalue weighted by atomic mass is 19.1. The molecule has 2 N–H and O–H groups in total. The quantitative estimate of drug-likeness (QED) is 0.783. The van der Waals surface area contributed by atoms with Crippen molar-refractivity contribution in [2.24, 2.45) is 0 Å². The van der Waals surface area contributed by atoms with Gasteiger partial charge in [0.05, 0.1) is 5.56 Å². The summed E-state index contributed by atoms with van der Waals surface area (Å²) in [5.41, 5.74) is 6.68. The summed E-state index contributed by atoms with van der Waals surface area (Å²) in [6, 6.07) is 7.82. The minimum absolute atomic E-state index is 0.148. The van der Waals surface area contributed by atoms with Crippen molar-refractivity contribution in [2.75, 3.05) is 5.73 Å². The van der Waals surface area contributed by atoms with Gasteiger partial charge in [0.1, 0.15) is 11.6 Å². The van der Waals surface area contributed by atoms with E-state index in [9.17, 15) is 9.18 Å². The third kappa shape index (κ3) is 1.77. The van der Waals surface area contributed by atoms with E-state index in [1.54, 1.807) is 18.2 Å². The molecule has 0 unspecified atom stereocenters. The molecular formula is C12H9FN2O. The summed E-state index contributed by atoms with van der Waals surface area (Å²) in [6.07, 6.45) is 2.05. The van der Waals surface area contributed by atoms with E-state index in [0.717, 1.165) is 0 Å². The van der Waals surface area contributed by atoms with Crippen LogP contribution in [0.4, 0.5) is 10.2 Å². The van der Waals surface area contributed by atoms with Crippen molar-refractivity contribution in [3.05, 3.63) is 47.9 Å². The number of aromatic nitrogens is 1. The Morgan fingerprint density at radius 2 is 2.06 bits per heavy atom. The molecule has 0 bridgehead atoms. The molecular weight excluding hydrogens is 207 g/mol. The van der Waals surface area contributed by atoms with E-state index in [1.165, 1.54) is 18.3 Å². The molecule has 1 aromatic heterocycles. The topological polar surface area (TPSA) is 56.0 Å². The summed E-state index contributed by atoms with van der Waals surface area (Å²) in [5.74, 6) is -0.207. The minimum atomic E-state index is -0.356. The fourth-order valence-electron chi connectivity index (χ4n) is 1.43. The first-order valence-corrected chi connectivity index (χ1v) is 4.68. The van der Waals surface area contributed by atoms with Gasteiger partial charge in [0.15, 0.2) is 6.29 Å². The largest absolute Gasteiger partial charge is 0.383 e. The standard InChI is InChI=1S/C12H9FN2O/c13-11-4-2-1-3-10(11)8-5-9(7-16)12(14)15-6-8/h1-7H,(H2,14,15). The first kappa shape index (κ1) is 10.3. The highest BCUT2D eigenvalue weighted by Crippen LogP contribution is 2.23. The van der Waals surface area contributed by atoms with E-state index >= 15 is 0 Å². The Labute approximate surface area is 91.7 Å². The molecule has 0 saturated carbocycles. The van der Waals surface area contributed by atoms with Crippen LogP contribution in [0.1, 0.15) is 10.4 Å². The van der Waals surface area contributed by atoms with Crippen molar-refractivity contribution in [3.8, 4) is 11.1 Å². The fourth-order valence-corrected chi connectivity index (χ4v) is 1.43. The van der Waals surface area contributed by atoms with Crippen LogP contribution >= 0.6 is 0 Å². The zero-order valence-corrected chi connectivity index (χ0v) is 8.35. The molecule has 0 radical (unpaired) electrons. The van der Waals surface area contributed by atoms with Crippen LogP contribution in [0.5, 0.6) is 0 Å². The minimum Gasteiger partial charge on any atom is -0.383 e. The molecule has 16 heavy (non-hydrogen) atoms. The molecule has 0 aliphatic carbocycles. The Hall–Kier alpha value is -2.23. The number of pyridine rings is 1. The maximum Gasteiger partial charge on any atom is 0.153 e. The summed E-state index contributed by atoms with van der Waals surface area (Å²) in [6.45, 7) is 0. The molecule has 0 atom stereocenters. The molecule has 4 heteroatoms. The second-order valence-electron chi connectivity index (χ2n) is 3.30. The van der Waals surface area contributed by atoms with Crippen molar-refractivity contribution in [1.82, 2.24) is 4.98 Å². The van der Waals surface area contributed by atoms with Crippen LogP contribution in [-0.2, 0) is 0 Å². The predicted molar refractivity (Wildman–Crippen MR) is 59.4 cm³/mol. The molecule has 0 aliphatic heterocycles. The van der Waals surface area contributed by atoms with Gasteiger partial charge in [-0.05, 0) is 12.1 Å². The molecule has 0 spiro atoms. The van der Waals surface area contributed by atoms with Crippen LogP contribution in [0.2, 0.25) is 0 Å². The average Bonchev–Trinajstić information content (AvgIpc) is 2.31. The van der Waals surface area contributed by atoms with E-state index in [4.69, 9.17) is 5.73 Å². The average molecular weight is 216 g/mol. The van der Waals surface area contributed by atoms with Crippen LogP contribution in [-0.4, -0.2) is 11.3 Å². The van der Waals surface area contributed by atoms with E-state index in [-0.39, 0.29) is 17.2 Å². The van der Waals surface area contributed by atoms with Crippen molar-refractivity contribution in [2.45, 2.75) is 0 Å². The Bertz CT molecular complexity index is 540. The molecule has 0 fully saturated rings. The summed E-state index contributed by atoms with van der Waals surface area (Å²) in [7, 11) is 0. The van der Waals surface area contributed by atoms with Crippen LogP contribution in [0.3, 0.4) is 0 Å². The van der Waals surface area contributed by atoms with E-state index in [2.05, 4.69) is 4.98 Å². The SMILES string of the molecule is Nc1ncc(-c2ccccc2F)cc1C=O. The Morgan fingerprint density at radius 1 is 1.31 bits per heavy atom. The molecule has 0 amide bonds. The summed E-state index contributed by atoms with van der Waals surface area (Å²) < 4.78 is 13.5. The van der Waals surface area contributed by atoms with Gasteiger partial charge >= 0.3 is 0 Å². The third-order valence-corrected chi connectivity index (χ3v) is 2.26. The number of nitrogens with zero attached hydrogens (tertiary/aromatic N) is 1. The van der Waals surface area contributed by atoms with Gasteiger partial charge in [-0.3, -0.25) is 4.79 Å². The molecule has 0 saturated heterocycles. The third-order valence-electron chi connectivity index (χ3n) is 2.26. The number of carbonyl (C=O) groups is 1. The van der Waals surface area contributed by atoms with Crippen molar-refractivity contribution in [1.29, 1.82) is 0 Å². The molecule has 2 aromatic rings. The van der Waals surface area contributed by atoms with E-state index in [1.807, 2.05) is 0 Å². The van der Waals surface area contributed by atoms with Gasteiger partial charge in [-0.15, -0.1) is 0 Å². The lowest BCUT2D eigenvalue weighted by atomic mass is 10.1. The van der Waals surface area contributed by atoms with Gasteiger partial charge in [-0.2, -0.15) is 0 Å². The predicted octanol–water partition coefficient (Wildman–Crippen LogP) is 2.28. The summed E-state index contributed by atoms with van der Waals surface area (Å²) in [4.78, 5) is 14.5. The number of carbonyl (C=O) groups excluding carboxylic acids is 1. The number of nitrogen functional groups attached to an aromatic ring is 1. The maximum atomic E-state index is 13.5. The molecule has 1 heterocycles. The van der Waals surface area contributed by atoms with Crippen molar-refractivity contribution < 1.29 is 9.18 Å². The van der Waals surface area contributed by atoms with Crippen LogP contribution in [0.25, 0.3) is 11.1 Å². The Balaban J connectivity index is 2.57. The smallest absolute Gasteiger partial charge is 0.153 e. The fraction of sp³-hybridized carbons (Fsp3) is 0. The van der Waals surface area contributed by atoms with Crippen molar-refractivity contribution >= 4 is 12.1 Å². The van der Waals surface area contributed by atoms with Crippen LogP contribution in [0.15, 0.2) is 36.5 Å². The van der Waals surface area contributed by atoms with Gasteiger partial charge in [0, 0.05) is 17.3 Å². The molecule has 80 valence electrons. The first-order valence-electron chi connectivity index (χ1n) is 4.68. The Kier molecular flexibility index (Phi) is 2.64. The lowest BCUT2D eigenvalue weighted by Gasteiger charge is -2.04. The molecule has 2 rings (SSSR count). The number of hydrogen-bond acceptors (Lipinski definition) is 3. The number of nitrogens with two attached hydrogens (primary N) is 1. The normalized spacial score (nSPS) is 10.1. The summed E-state index contributed by atoms with van der Waals surface area (Å²) >= 11 is 0. The lowest BCUT2D eigenvalue weighted by Crippen LogP contribution is -1.97. The van der Waals surface area contributed by atoms with Gasteiger partial charge in [-0.1, -0.05) is 18.2 Å². The molecule has 0 aliphatic rings. The van der Waals surface area contributed by atoms with Gasteiger partial charge in [0.2, 0.25) is 0 Å². The second kappa shape index (κ2) is 4.10. The zero-order chi connectivity index (χ0) is 11.5. The van der Waals surface area contributed by atoms with Gasteiger partial charge < -0.3 is 5.73 Å². The second-order valence-corrected chi connectivity index (χ2v) is 3.30. The summed E-state index contributed by atoms with van der Waals surface area (Å²) in [5, 5.41) is 0. The maximum absolute atomic E-state index is 13.5. The number of halogens is 1. The molecule has 3 nitrogen and oxygen atoms in total. The number of aldehydes is 1. The molecule has 1 aromatic carbocycles. The van der Waals surface area contributed by atoms with Crippen LogP contribution < -0.4 is 5.73 Å². The van der Waals surface area contributed by atoms with E-state index in [0.29, 0.717) is 17.4 Å². The Morgan fingerprint density at radius 3 is 2.75 bits per heavy atom. The monoisotopic (exact) mass is 216 g/mol. The highest BCUT2D eigenvalue weighted by Gasteiger charge is 2.07. The van der Waals surface area contributed by atoms with Crippen molar-refractivity contribution in [3.63, 3.8) is 0 Å². The number of benzene rings is 1. The zero-order valence-electron chi connectivity index (χ0n) is 8.35. The van der Waals surface area contributed by atoms with Gasteiger partial charge in [0.25, 0.3) is 0 Å². The van der Waals surface area contributed by atoms with Gasteiger partial charge in [-0.25, -0.2) is 9.37 Å². The van der Waals surface area contributed by atoms with E-state index < -0.39 is 0 Å². The number of hydrogen-bond donors (Lipinski definition) is 1. The van der Waals surface area contributed by atoms with Crippen LogP contribution in [0, 0.1) is 5.82 Å². The highest BCUT2D eigenvalue weighted by molar-refractivity contribution is 5.84. The number of rotatable bonds is 2. The first-order chi connectivity index (χ1) is 7.72.